The van der Waals surface area contributed by atoms with E-state index in [-0.39, 0.29) is 11.8 Å². The Morgan fingerprint density at radius 3 is 2.78 bits per heavy atom. The highest BCUT2D eigenvalue weighted by atomic mass is 16.2. The van der Waals surface area contributed by atoms with Crippen LogP contribution in [0.5, 0.6) is 0 Å². The molecule has 18 heavy (non-hydrogen) atoms. The van der Waals surface area contributed by atoms with E-state index in [9.17, 15) is 4.79 Å². The molecular formula is C16H21NO. The van der Waals surface area contributed by atoms with E-state index in [0.717, 1.165) is 19.3 Å². The fourth-order valence-corrected chi connectivity index (χ4v) is 2.45. The molecule has 1 aliphatic rings. The number of carbonyl (C=O) groups excluding carboxylic acids is 1. The van der Waals surface area contributed by atoms with Gasteiger partial charge >= 0.3 is 0 Å². The maximum atomic E-state index is 12.3. The number of hydrogen-bond acceptors (Lipinski definition) is 1. The summed E-state index contributed by atoms with van der Waals surface area (Å²) in [5.74, 6) is 0.464. The monoisotopic (exact) mass is 243 g/mol. The number of allylic oxidation sites excluding steroid dienone is 2. The van der Waals surface area contributed by atoms with E-state index >= 15 is 0 Å². The second kappa shape index (κ2) is 5.85. The zero-order valence-electron chi connectivity index (χ0n) is 11.2. The second-order valence-corrected chi connectivity index (χ2v) is 5.10. The van der Waals surface area contributed by atoms with E-state index in [2.05, 4.69) is 31.2 Å². The number of benzene rings is 1. The molecule has 1 unspecified atom stereocenters. The minimum atomic E-state index is 0.184. The van der Waals surface area contributed by atoms with Crippen LogP contribution in [0.25, 0.3) is 0 Å². The molecule has 0 saturated carbocycles. The fraction of sp³-hybridized carbons (Fsp3) is 0.438. The first-order valence-corrected chi connectivity index (χ1v) is 6.63. The van der Waals surface area contributed by atoms with Crippen molar-refractivity contribution in [3.8, 4) is 0 Å². The summed E-state index contributed by atoms with van der Waals surface area (Å²) in [7, 11) is 1.91. The Morgan fingerprint density at radius 2 is 2.11 bits per heavy atom. The van der Waals surface area contributed by atoms with E-state index in [1.165, 1.54) is 11.1 Å². The third-order valence-corrected chi connectivity index (χ3v) is 3.66. The van der Waals surface area contributed by atoms with Crippen LogP contribution in [-0.2, 0) is 11.3 Å². The lowest BCUT2D eigenvalue weighted by Crippen LogP contribution is -2.33. The highest BCUT2D eigenvalue weighted by molar-refractivity contribution is 5.79. The molecule has 0 heterocycles. The lowest BCUT2D eigenvalue weighted by Gasteiger charge is -2.25. The summed E-state index contributed by atoms with van der Waals surface area (Å²) < 4.78 is 0. The van der Waals surface area contributed by atoms with E-state index < -0.39 is 0 Å². The molecule has 2 rings (SSSR count). The molecule has 1 aromatic rings. The van der Waals surface area contributed by atoms with Gasteiger partial charge in [0, 0.05) is 19.5 Å². The summed E-state index contributed by atoms with van der Waals surface area (Å²) in [6.07, 6.45) is 7.23. The molecule has 0 radical (unpaired) electrons. The Bertz CT molecular complexity index is 450. The van der Waals surface area contributed by atoms with Crippen LogP contribution < -0.4 is 0 Å². The quantitative estimate of drug-likeness (QED) is 0.746. The van der Waals surface area contributed by atoms with Crippen LogP contribution in [0.3, 0.4) is 0 Å². The first-order valence-electron chi connectivity index (χ1n) is 6.63. The largest absolute Gasteiger partial charge is 0.341 e. The third-order valence-electron chi connectivity index (χ3n) is 3.66. The summed E-state index contributed by atoms with van der Waals surface area (Å²) in [6.45, 7) is 2.81. The molecule has 2 nitrogen and oxygen atoms in total. The molecule has 0 bridgehead atoms. The van der Waals surface area contributed by atoms with Crippen molar-refractivity contribution in [1.82, 2.24) is 4.90 Å². The van der Waals surface area contributed by atoms with Gasteiger partial charge in [0.25, 0.3) is 0 Å². The fourth-order valence-electron chi connectivity index (χ4n) is 2.45. The molecular weight excluding hydrogens is 222 g/mol. The van der Waals surface area contributed by atoms with Gasteiger partial charge in [0.2, 0.25) is 5.91 Å². The van der Waals surface area contributed by atoms with Crippen molar-refractivity contribution >= 4 is 5.91 Å². The lowest BCUT2D eigenvalue weighted by atomic mass is 9.93. The van der Waals surface area contributed by atoms with Crippen molar-refractivity contribution < 1.29 is 4.79 Å². The van der Waals surface area contributed by atoms with Crippen molar-refractivity contribution in [2.24, 2.45) is 5.92 Å². The first kappa shape index (κ1) is 12.9. The van der Waals surface area contributed by atoms with Crippen LogP contribution in [0.1, 0.15) is 30.4 Å². The summed E-state index contributed by atoms with van der Waals surface area (Å²) in [5, 5.41) is 0. The molecule has 1 atom stereocenters. The van der Waals surface area contributed by atoms with Gasteiger partial charge in [-0.15, -0.1) is 0 Å². The van der Waals surface area contributed by atoms with E-state index in [1.54, 1.807) is 0 Å². The normalized spacial score (nSPS) is 18.7. The van der Waals surface area contributed by atoms with Gasteiger partial charge in [0.15, 0.2) is 0 Å². The molecule has 0 aromatic heterocycles. The third kappa shape index (κ3) is 3.00. The number of aryl methyl sites for hydroxylation is 1. The Kier molecular flexibility index (Phi) is 4.19. The predicted octanol–water partition coefficient (Wildman–Crippen LogP) is 3.31. The standard InChI is InChI=1S/C16H21NO/c1-13-8-6-7-11-15(13)12-17(2)16(18)14-9-4-3-5-10-14/h3-4,6-8,11,14H,5,9-10,12H2,1-2H3. The molecule has 0 N–H and O–H groups in total. The van der Waals surface area contributed by atoms with Gasteiger partial charge in [0.05, 0.1) is 0 Å². The molecule has 1 aromatic carbocycles. The van der Waals surface area contributed by atoms with Crippen molar-refractivity contribution in [2.45, 2.75) is 32.7 Å². The molecule has 1 amide bonds. The van der Waals surface area contributed by atoms with Crippen LogP contribution in [0, 0.1) is 12.8 Å². The summed E-state index contributed by atoms with van der Waals surface area (Å²) in [4.78, 5) is 14.2. The minimum Gasteiger partial charge on any atom is -0.341 e. The average Bonchev–Trinajstić information content (AvgIpc) is 2.41. The van der Waals surface area contributed by atoms with Gasteiger partial charge in [-0.1, -0.05) is 36.4 Å². The number of rotatable bonds is 3. The molecule has 0 fully saturated rings. The van der Waals surface area contributed by atoms with Crippen LogP contribution in [0.4, 0.5) is 0 Å². The Labute approximate surface area is 109 Å². The van der Waals surface area contributed by atoms with Crippen molar-refractivity contribution in [3.63, 3.8) is 0 Å². The topological polar surface area (TPSA) is 20.3 Å². The van der Waals surface area contributed by atoms with Gasteiger partial charge in [-0.2, -0.15) is 0 Å². The van der Waals surface area contributed by atoms with E-state index in [4.69, 9.17) is 0 Å². The number of amides is 1. The maximum absolute atomic E-state index is 12.3. The zero-order valence-corrected chi connectivity index (χ0v) is 11.2. The van der Waals surface area contributed by atoms with Gasteiger partial charge in [-0.3, -0.25) is 4.79 Å². The van der Waals surface area contributed by atoms with Gasteiger partial charge in [0.1, 0.15) is 0 Å². The molecule has 0 aliphatic heterocycles. The van der Waals surface area contributed by atoms with Crippen molar-refractivity contribution in [1.29, 1.82) is 0 Å². The second-order valence-electron chi connectivity index (χ2n) is 5.10. The maximum Gasteiger partial charge on any atom is 0.226 e. The Morgan fingerprint density at radius 1 is 1.33 bits per heavy atom. The van der Waals surface area contributed by atoms with Crippen LogP contribution >= 0.6 is 0 Å². The van der Waals surface area contributed by atoms with Gasteiger partial charge in [-0.25, -0.2) is 0 Å². The smallest absolute Gasteiger partial charge is 0.226 e. The Hall–Kier alpha value is -1.57. The molecule has 0 spiro atoms. The Balaban J connectivity index is 1.99. The van der Waals surface area contributed by atoms with E-state index in [0.29, 0.717) is 6.54 Å². The summed E-state index contributed by atoms with van der Waals surface area (Å²) in [5.41, 5.74) is 2.49. The summed E-state index contributed by atoms with van der Waals surface area (Å²) >= 11 is 0. The average molecular weight is 243 g/mol. The summed E-state index contributed by atoms with van der Waals surface area (Å²) in [6, 6.07) is 8.26. The van der Waals surface area contributed by atoms with Crippen LogP contribution in [0.15, 0.2) is 36.4 Å². The molecule has 0 saturated heterocycles. The van der Waals surface area contributed by atoms with Crippen molar-refractivity contribution in [2.75, 3.05) is 7.05 Å². The molecule has 1 aliphatic carbocycles. The van der Waals surface area contributed by atoms with Crippen LogP contribution in [0.2, 0.25) is 0 Å². The predicted molar refractivity (Wildman–Crippen MR) is 74.1 cm³/mol. The SMILES string of the molecule is Cc1ccccc1CN(C)C(=O)C1CC=CCC1. The number of carbonyl (C=O) groups is 1. The lowest BCUT2D eigenvalue weighted by molar-refractivity contribution is -0.135. The van der Waals surface area contributed by atoms with Gasteiger partial charge < -0.3 is 4.90 Å². The zero-order chi connectivity index (χ0) is 13.0. The highest BCUT2D eigenvalue weighted by Crippen LogP contribution is 2.21. The highest BCUT2D eigenvalue weighted by Gasteiger charge is 2.22. The van der Waals surface area contributed by atoms with E-state index in [1.807, 2.05) is 24.1 Å². The van der Waals surface area contributed by atoms with Crippen LogP contribution in [-0.4, -0.2) is 17.9 Å². The molecule has 96 valence electrons. The minimum absolute atomic E-state index is 0.184. The first-order chi connectivity index (χ1) is 8.68. The van der Waals surface area contributed by atoms with Crippen molar-refractivity contribution in [3.05, 3.63) is 47.5 Å². The molecule has 2 heteroatoms. The number of hydrogen-bond donors (Lipinski definition) is 0. The number of nitrogens with zero attached hydrogens (tertiary/aromatic N) is 1. The van der Waals surface area contributed by atoms with Gasteiger partial charge in [-0.05, 0) is 37.3 Å².